The van der Waals surface area contributed by atoms with Crippen molar-refractivity contribution in [1.82, 2.24) is 10.2 Å². The zero-order chi connectivity index (χ0) is 11.8. The lowest BCUT2D eigenvalue weighted by Crippen LogP contribution is -2.53. The molecule has 2 atom stereocenters. The lowest BCUT2D eigenvalue weighted by Gasteiger charge is -2.36. The Morgan fingerprint density at radius 1 is 1.50 bits per heavy atom. The average Bonchev–Trinajstić information content (AvgIpc) is 2.95. The molecule has 0 saturated carbocycles. The van der Waals surface area contributed by atoms with E-state index in [2.05, 4.69) is 21.2 Å². The molecule has 0 unspecified atom stereocenters. The number of nitrogens with one attached hydrogen (secondary N) is 1. The van der Waals surface area contributed by atoms with E-state index in [1.165, 1.54) is 6.26 Å². The van der Waals surface area contributed by atoms with E-state index >= 15 is 0 Å². The number of morpholine rings is 1. The van der Waals surface area contributed by atoms with Gasteiger partial charge in [-0.1, -0.05) is 0 Å². The molecule has 0 aliphatic carbocycles. The standard InChI is InChI=1S/C11H13BrN2O3.ClH/c12-7-1-3-17-10(7)11(15)14-2-4-16-9-6-13-5-8(9)14;/h1,3,8-9,13H,2,4-6H2;1H/t8-,9+;/m1./s1. The molecule has 0 bridgehead atoms. The smallest absolute Gasteiger partial charge is 0.291 e. The molecule has 1 N–H and O–H groups in total. The average molecular weight is 338 g/mol. The monoisotopic (exact) mass is 336 g/mol. The number of carbonyl (C=O) groups excluding carboxylic acids is 1. The maximum absolute atomic E-state index is 12.3. The van der Waals surface area contributed by atoms with Crippen LogP contribution in [0.4, 0.5) is 0 Å². The van der Waals surface area contributed by atoms with E-state index < -0.39 is 0 Å². The maximum Gasteiger partial charge on any atom is 0.291 e. The summed E-state index contributed by atoms with van der Waals surface area (Å²) >= 11 is 3.32. The van der Waals surface area contributed by atoms with Gasteiger partial charge < -0.3 is 19.4 Å². The minimum absolute atomic E-state index is 0. The van der Waals surface area contributed by atoms with E-state index in [4.69, 9.17) is 9.15 Å². The summed E-state index contributed by atoms with van der Waals surface area (Å²) in [5.41, 5.74) is 0. The van der Waals surface area contributed by atoms with Gasteiger partial charge in [-0.3, -0.25) is 4.79 Å². The van der Waals surface area contributed by atoms with Crippen LogP contribution in [0.2, 0.25) is 0 Å². The van der Waals surface area contributed by atoms with Gasteiger partial charge in [-0.15, -0.1) is 12.4 Å². The predicted molar refractivity (Wildman–Crippen MR) is 71.1 cm³/mol. The molecule has 1 aromatic heterocycles. The highest BCUT2D eigenvalue weighted by Gasteiger charge is 2.39. The molecule has 2 fully saturated rings. The number of amides is 1. The minimum atomic E-state index is -0.0659. The number of carbonyl (C=O) groups is 1. The Morgan fingerprint density at radius 2 is 2.33 bits per heavy atom. The number of fused-ring (bicyclic) bond motifs is 1. The Hall–Kier alpha value is -0.560. The van der Waals surface area contributed by atoms with Gasteiger partial charge in [0.15, 0.2) is 0 Å². The Kier molecular flexibility index (Phi) is 4.32. The van der Waals surface area contributed by atoms with Crippen LogP contribution in [0.3, 0.4) is 0 Å². The van der Waals surface area contributed by atoms with Crippen molar-refractivity contribution in [3.05, 3.63) is 22.6 Å². The zero-order valence-corrected chi connectivity index (χ0v) is 12.0. The molecule has 1 aromatic rings. The Balaban J connectivity index is 0.00000120. The fraction of sp³-hybridized carbons (Fsp3) is 0.545. The summed E-state index contributed by atoms with van der Waals surface area (Å²) in [4.78, 5) is 14.2. The number of rotatable bonds is 1. The summed E-state index contributed by atoms with van der Waals surface area (Å²) in [5.74, 6) is 0.307. The van der Waals surface area contributed by atoms with Crippen LogP contribution < -0.4 is 5.32 Å². The third-order valence-electron chi connectivity index (χ3n) is 3.26. The Labute approximate surface area is 119 Å². The molecule has 0 radical (unpaired) electrons. The highest BCUT2D eigenvalue weighted by atomic mass is 79.9. The number of furan rings is 1. The molecule has 3 rings (SSSR count). The van der Waals surface area contributed by atoms with Crippen LogP contribution in [-0.4, -0.2) is 49.2 Å². The lowest BCUT2D eigenvalue weighted by molar-refractivity contribution is -0.0374. The van der Waals surface area contributed by atoms with Gasteiger partial charge in [0.25, 0.3) is 5.91 Å². The first-order valence-corrected chi connectivity index (χ1v) is 6.43. The third kappa shape index (κ3) is 2.30. The molecule has 7 heteroatoms. The minimum Gasteiger partial charge on any atom is -0.458 e. The highest BCUT2D eigenvalue weighted by Crippen LogP contribution is 2.24. The van der Waals surface area contributed by atoms with Gasteiger partial charge >= 0.3 is 0 Å². The summed E-state index contributed by atoms with van der Waals surface area (Å²) in [6.45, 7) is 2.81. The van der Waals surface area contributed by atoms with Crippen molar-refractivity contribution in [2.75, 3.05) is 26.2 Å². The van der Waals surface area contributed by atoms with Crippen LogP contribution in [0.1, 0.15) is 10.6 Å². The van der Waals surface area contributed by atoms with Crippen LogP contribution in [0, 0.1) is 0 Å². The normalized spacial score (nSPS) is 26.6. The number of hydrogen-bond acceptors (Lipinski definition) is 4. The maximum atomic E-state index is 12.3. The molecule has 18 heavy (non-hydrogen) atoms. The number of hydrogen-bond donors (Lipinski definition) is 1. The predicted octanol–water partition coefficient (Wildman–Crippen LogP) is 1.28. The molecular weight excluding hydrogens is 323 g/mol. The van der Waals surface area contributed by atoms with Crippen molar-refractivity contribution >= 4 is 34.2 Å². The van der Waals surface area contributed by atoms with E-state index in [9.17, 15) is 4.79 Å². The Morgan fingerprint density at radius 3 is 3.06 bits per heavy atom. The molecule has 2 saturated heterocycles. The van der Waals surface area contributed by atoms with Crippen LogP contribution in [-0.2, 0) is 4.74 Å². The first-order valence-electron chi connectivity index (χ1n) is 5.63. The van der Waals surface area contributed by atoms with E-state index in [1.807, 2.05) is 4.90 Å². The lowest BCUT2D eigenvalue weighted by atomic mass is 10.1. The second-order valence-electron chi connectivity index (χ2n) is 4.23. The summed E-state index contributed by atoms with van der Waals surface area (Å²) < 4.78 is 11.6. The van der Waals surface area contributed by atoms with Gasteiger partial charge in [-0.2, -0.15) is 0 Å². The zero-order valence-electron chi connectivity index (χ0n) is 9.60. The third-order valence-corrected chi connectivity index (χ3v) is 3.89. The van der Waals surface area contributed by atoms with Crippen molar-refractivity contribution in [1.29, 1.82) is 0 Å². The topological polar surface area (TPSA) is 54.7 Å². The van der Waals surface area contributed by atoms with Crippen LogP contribution in [0.15, 0.2) is 21.2 Å². The van der Waals surface area contributed by atoms with Crippen molar-refractivity contribution in [3.8, 4) is 0 Å². The molecule has 3 heterocycles. The van der Waals surface area contributed by atoms with Crippen LogP contribution >= 0.6 is 28.3 Å². The summed E-state index contributed by atoms with van der Waals surface area (Å²) in [5, 5.41) is 3.25. The number of nitrogens with zero attached hydrogens (tertiary/aromatic N) is 1. The molecule has 100 valence electrons. The SMILES string of the molecule is Cl.O=C(c1occc1Br)N1CCO[C@H]2CNC[C@H]21. The first-order chi connectivity index (χ1) is 8.27. The second-order valence-corrected chi connectivity index (χ2v) is 5.09. The van der Waals surface area contributed by atoms with Crippen LogP contribution in [0.25, 0.3) is 0 Å². The van der Waals surface area contributed by atoms with Gasteiger partial charge in [0.2, 0.25) is 5.76 Å². The van der Waals surface area contributed by atoms with Gasteiger partial charge in [0.05, 0.1) is 29.5 Å². The van der Waals surface area contributed by atoms with E-state index in [-0.39, 0.29) is 30.5 Å². The molecule has 0 spiro atoms. The molecule has 2 aliphatic heterocycles. The molecular formula is C11H14BrClN2O3. The number of ether oxygens (including phenoxy) is 1. The van der Waals surface area contributed by atoms with Gasteiger partial charge in [0.1, 0.15) is 0 Å². The summed E-state index contributed by atoms with van der Waals surface area (Å²) in [6.07, 6.45) is 1.63. The molecule has 1 amide bonds. The van der Waals surface area contributed by atoms with E-state index in [1.54, 1.807) is 6.07 Å². The Bertz CT molecular complexity index is 440. The van der Waals surface area contributed by atoms with E-state index in [0.29, 0.717) is 23.4 Å². The van der Waals surface area contributed by atoms with Crippen molar-refractivity contribution in [3.63, 3.8) is 0 Å². The molecule has 2 aliphatic rings. The second kappa shape index (κ2) is 5.61. The first kappa shape index (κ1) is 13.9. The quantitative estimate of drug-likeness (QED) is 0.839. The van der Waals surface area contributed by atoms with Gasteiger partial charge in [-0.25, -0.2) is 0 Å². The van der Waals surface area contributed by atoms with E-state index in [0.717, 1.165) is 13.1 Å². The number of halogens is 2. The summed E-state index contributed by atoms with van der Waals surface area (Å²) in [7, 11) is 0. The summed E-state index contributed by atoms with van der Waals surface area (Å²) in [6, 6.07) is 1.85. The van der Waals surface area contributed by atoms with Gasteiger partial charge in [-0.05, 0) is 22.0 Å². The fourth-order valence-corrected chi connectivity index (χ4v) is 2.79. The van der Waals surface area contributed by atoms with Gasteiger partial charge in [0, 0.05) is 19.6 Å². The van der Waals surface area contributed by atoms with Crippen molar-refractivity contribution in [2.24, 2.45) is 0 Å². The largest absolute Gasteiger partial charge is 0.458 e. The van der Waals surface area contributed by atoms with Crippen molar-refractivity contribution < 1.29 is 13.9 Å². The van der Waals surface area contributed by atoms with Crippen LogP contribution in [0.5, 0.6) is 0 Å². The highest BCUT2D eigenvalue weighted by molar-refractivity contribution is 9.10. The molecule has 0 aromatic carbocycles. The fourth-order valence-electron chi connectivity index (χ4n) is 2.42. The molecule has 5 nitrogen and oxygen atoms in total. The van der Waals surface area contributed by atoms with Crippen molar-refractivity contribution in [2.45, 2.75) is 12.1 Å².